The Balaban J connectivity index is 1.75. The third-order valence-electron chi connectivity index (χ3n) is 4.51. The van der Waals surface area contributed by atoms with E-state index >= 15 is 0 Å². The first-order chi connectivity index (χ1) is 9.78. The Labute approximate surface area is 120 Å². The van der Waals surface area contributed by atoms with Crippen molar-refractivity contribution < 1.29 is 14.6 Å². The lowest BCUT2D eigenvalue weighted by Crippen LogP contribution is -2.52. The summed E-state index contributed by atoms with van der Waals surface area (Å²) in [5, 5.41) is 10.0. The Morgan fingerprint density at radius 2 is 2.20 bits per heavy atom. The van der Waals surface area contributed by atoms with Crippen molar-refractivity contribution >= 4 is 0 Å². The van der Waals surface area contributed by atoms with Gasteiger partial charge in [-0.15, -0.1) is 0 Å². The number of morpholine rings is 1. The molecule has 110 valence electrons. The first-order valence-electron chi connectivity index (χ1n) is 7.49. The lowest BCUT2D eigenvalue weighted by molar-refractivity contribution is -0.0912. The van der Waals surface area contributed by atoms with Crippen LogP contribution in [0.4, 0.5) is 0 Å². The maximum absolute atomic E-state index is 10.0. The molecule has 0 aromatic heterocycles. The maximum atomic E-state index is 10.0. The topological polar surface area (TPSA) is 41.9 Å². The van der Waals surface area contributed by atoms with Crippen LogP contribution in [0, 0.1) is 0 Å². The van der Waals surface area contributed by atoms with Gasteiger partial charge in [0.05, 0.1) is 19.8 Å². The molecule has 2 atom stereocenters. The molecule has 1 N–H and O–H groups in total. The SMILES string of the molecule is COc1ccc(O)c(CN2CCOC3CCCCC32)c1. The van der Waals surface area contributed by atoms with Gasteiger partial charge < -0.3 is 14.6 Å². The molecule has 1 saturated carbocycles. The zero-order valence-electron chi connectivity index (χ0n) is 12.0. The Hall–Kier alpha value is -1.26. The van der Waals surface area contributed by atoms with Gasteiger partial charge in [-0.1, -0.05) is 12.8 Å². The molecule has 1 aliphatic carbocycles. The van der Waals surface area contributed by atoms with Crippen LogP contribution >= 0.6 is 0 Å². The summed E-state index contributed by atoms with van der Waals surface area (Å²) in [5.41, 5.74) is 0.940. The number of aromatic hydroxyl groups is 1. The Kier molecular flexibility index (Phi) is 4.13. The van der Waals surface area contributed by atoms with Crippen molar-refractivity contribution in [3.05, 3.63) is 23.8 Å². The third kappa shape index (κ3) is 2.76. The lowest BCUT2D eigenvalue weighted by atomic mass is 9.90. The molecule has 0 radical (unpaired) electrons. The second kappa shape index (κ2) is 6.02. The molecule has 1 saturated heterocycles. The number of fused-ring (bicyclic) bond motifs is 1. The molecule has 1 aromatic rings. The van der Waals surface area contributed by atoms with E-state index in [1.54, 1.807) is 19.2 Å². The summed E-state index contributed by atoms with van der Waals surface area (Å²) in [4.78, 5) is 2.46. The number of hydrogen-bond acceptors (Lipinski definition) is 4. The summed E-state index contributed by atoms with van der Waals surface area (Å²) < 4.78 is 11.1. The maximum Gasteiger partial charge on any atom is 0.120 e. The van der Waals surface area contributed by atoms with E-state index in [9.17, 15) is 5.11 Å². The quantitative estimate of drug-likeness (QED) is 0.922. The monoisotopic (exact) mass is 277 g/mol. The number of phenolic OH excluding ortho intramolecular Hbond substituents is 1. The molecule has 1 aliphatic heterocycles. The highest BCUT2D eigenvalue weighted by molar-refractivity contribution is 5.39. The van der Waals surface area contributed by atoms with Crippen molar-refractivity contribution in [2.24, 2.45) is 0 Å². The van der Waals surface area contributed by atoms with Gasteiger partial charge in [-0.3, -0.25) is 4.90 Å². The normalized spacial score (nSPS) is 27.1. The standard InChI is InChI=1S/C16H23NO3/c1-19-13-6-7-15(18)12(10-13)11-17-8-9-20-16-5-3-2-4-14(16)17/h6-7,10,14,16,18H,2-5,8-9,11H2,1H3. The minimum Gasteiger partial charge on any atom is -0.508 e. The van der Waals surface area contributed by atoms with Crippen LogP contribution < -0.4 is 4.74 Å². The minimum absolute atomic E-state index is 0.352. The largest absolute Gasteiger partial charge is 0.508 e. The predicted molar refractivity (Wildman–Crippen MR) is 77.1 cm³/mol. The van der Waals surface area contributed by atoms with Crippen LogP contribution in [0.5, 0.6) is 11.5 Å². The first kappa shape index (κ1) is 13.7. The van der Waals surface area contributed by atoms with Gasteiger partial charge in [0.25, 0.3) is 0 Å². The third-order valence-corrected chi connectivity index (χ3v) is 4.51. The van der Waals surface area contributed by atoms with Crippen molar-refractivity contribution in [2.45, 2.75) is 44.4 Å². The highest BCUT2D eigenvalue weighted by Crippen LogP contribution is 2.31. The van der Waals surface area contributed by atoms with E-state index in [1.807, 2.05) is 6.07 Å². The summed E-state index contributed by atoms with van der Waals surface area (Å²) in [5.74, 6) is 1.15. The van der Waals surface area contributed by atoms with E-state index in [-0.39, 0.29) is 0 Å². The molecule has 2 unspecified atom stereocenters. The van der Waals surface area contributed by atoms with E-state index in [0.29, 0.717) is 17.9 Å². The van der Waals surface area contributed by atoms with Crippen molar-refractivity contribution in [2.75, 3.05) is 20.3 Å². The average molecular weight is 277 g/mol. The summed E-state index contributed by atoms with van der Waals surface area (Å²) in [6.45, 7) is 2.51. The molecule has 1 heterocycles. The van der Waals surface area contributed by atoms with Crippen molar-refractivity contribution in [1.82, 2.24) is 4.90 Å². The Morgan fingerprint density at radius 3 is 3.05 bits per heavy atom. The van der Waals surface area contributed by atoms with Gasteiger partial charge in [0.1, 0.15) is 11.5 Å². The van der Waals surface area contributed by atoms with E-state index in [2.05, 4.69) is 4.90 Å². The Morgan fingerprint density at radius 1 is 1.35 bits per heavy atom. The van der Waals surface area contributed by atoms with E-state index in [4.69, 9.17) is 9.47 Å². The zero-order valence-corrected chi connectivity index (χ0v) is 12.0. The molecule has 4 nitrogen and oxygen atoms in total. The lowest BCUT2D eigenvalue weighted by Gasteiger charge is -2.43. The second-order valence-corrected chi connectivity index (χ2v) is 5.73. The van der Waals surface area contributed by atoms with Gasteiger partial charge in [0, 0.05) is 24.7 Å². The molecule has 0 amide bonds. The predicted octanol–water partition coefficient (Wildman–Crippen LogP) is 2.54. The van der Waals surface area contributed by atoms with Gasteiger partial charge in [-0.25, -0.2) is 0 Å². The van der Waals surface area contributed by atoms with Crippen molar-refractivity contribution in [3.8, 4) is 11.5 Å². The number of nitrogens with zero attached hydrogens (tertiary/aromatic N) is 1. The van der Waals surface area contributed by atoms with Crippen LogP contribution in [0.2, 0.25) is 0 Å². The molecule has 0 bridgehead atoms. The number of phenols is 1. The Bertz CT molecular complexity index is 461. The molecule has 2 aliphatic rings. The molecule has 0 spiro atoms. The summed E-state index contributed by atoms with van der Waals surface area (Å²) in [6.07, 6.45) is 5.32. The van der Waals surface area contributed by atoms with Crippen LogP contribution in [0.1, 0.15) is 31.2 Å². The summed E-state index contributed by atoms with van der Waals surface area (Å²) in [7, 11) is 1.65. The van der Waals surface area contributed by atoms with Gasteiger partial charge in [-0.2, -0.15) is 0 Å². The van der Waals surface area contributed by atoms with Gasteiger partial charge in [0.2, 0.25) is 0 Å². The smallest absolute Gasteiger partial charge is 0.120 e. The molecule has 3 rings (SSSR count). The molecule has 20 heavy (non-hydrogen) atoms. The van der Waals surface area contributed by atoms with Crippen LogP contribution in [0.25, 0.3) is 0 Å². The summed E-state index contributed by atoms with van der Waals surface area (Å²) in [6, 6.07) is 5.94. The van der Waals surface area contributed by atoms with E-state index < -0.39 is 0 Å². The number of ether oxygens (including phenoxy) is 2. The number of methoxy groups -OCH3 is 1. The highest BCUT2D eigenvalue weighted by atomic mass is 16.5. The number of rotatable bonds is 3. The fourth-order valence-electron chi connectivity index (χ4n) is 3.41. The van der Waals surface area contributed by atoms with Gasteiger partial charge >= 0.3 is 0 Å². The van der Waals surface area contributed by atoms with Crippen LogP contribution in [0.15, 0.2) is 18.2 Å². The van der Waals surface area contributed by atoms with Gasteiger partial charge in [0.15, 0.2) is 0 Å². The molecular weight excluding hydrogens is 254 g/mol. The van der Waals surface area contributed by atoms with Crippen LogP contribution in [-0.4, -0.2) is 42.4 Å². The van der Waals surface area contributed by atoms with Crippen molar-refractivity contribution in [1.29, 1.82) is 0 Å². The van der Waals surface area contributed by atoms with Gasteiger partial charge in [-0.05, 0) is 31.0 Å². The molecule has 1 aromatic carbocycles. The first-order valence-corrected chi connectivity index (χ1v) is 7.49. The average Bonchev–Trinajstić information content (AvgIpc) is 2.50. The molecule has 4 heteroatoms. The second-order valence-electron chi connectivity index (χ2n) is 5.73. The fraction of sp³-hybridized carbons (Fsp3) is 0.625. The molecular formula is C16H23NO3. The minimum atomic E-state index is 0.352. The van der Waals surface area contributed by atoms with Crippen LogP contribution in [-0.2, 0) is 11.3 Å². The van der Waals surface area contributed by atoms with Crippen molar-refractivity contribution in [3.63, 3.8) is 0 Å². The fourth-order valence-corrected chi connectivity index (χ4v) is 3.41. The van der Waals surface area contributed by atoms with E-state index in [1.165, 1.54) is 25.7 Å². The number of benzene rings is 1. The summed E-state index contributed by atoms with van der Waals surface area (Å²) >= 11 is 0. The van der Waals surface area contributed by atoms with Crippen LogP contribution in [0.3, 0.4) is 0 Å². The molecule has 2 fully saturated rings. The van der Waals surface area contributed by atoms with E-state index in [0.717, 1.165) is 31.0 Å². The zero-order chi connectivity index (χ0) is 13.9. The number of hydrogen-bond donors (Lipinski definition) is 1. The highest BCUT2D eigenvalue weighted by Gasteiger charge is 2.34.